The van der Waals surface area contributed by atoms with Crippen molar-refractivity contribution < 1.29 is 24.2 Å². The Kier molecular flexibility index (Phi) is 6.79. The number of ketones is 1. The maximum Gasteiger partial charge on any atom is 0.376 e. The predicted molar refractivity (Wildman–Crippen MR) is 101 cm³/mol. The highest BCUT2D eigenvalue weighted by Crippen LogP contribution is 2.31. The number of halogens is 1. The molecule has 1 atom stereocenters. The molecule has 2 rings (SSSR count). The van der Waals surface area contributed by atoms with Gasteiger partial charge in [0.2, 0.25) is 5.78 Å². The molecule has 0 amide bonds. The second kappa shape index (κ2) is 8.70. The van der Waals surface area contributed by atoms with Crippen LogP contribution in [-0.4, -0.2) is 38.2 Å². The van der Waals surface area contributed by atoms with Gasteiger partial charge in [0.1, 0.15) is 25.0 Å². The van der Waals surface area contributed by atoms with Gasteiger partial charge in [0.25, 0.3) is 0 Å². The Bertz CT molecular complexity index is 805. The SMILES string of the molecule is CC(C)CC(=O)OCC(C)(C)C(=O)C(O)(Oc1ccc(Cl)cc1)n1cncn1. The molecule has 0 aliphatic carbocycles. The fourth-order valence-corrected chi connectivity index (χ4v) is 2.51. The van der Waals surface area contributed by atoms with Crippen molar-refractivity contribution in [2.24, 2.45) is 11.3 Å². The lowest BCUT2D eigenvalue weighted by atomic mass is 9.86. The standard InChI is InChI=1S/C19H24ClN3O5/c1-13(2)9-16(24)27-10-18(3,4)17(25)19(26,23-12-21-11-22-23)28-15-7-5-14(20)6-8-15/h5-8,11-13,26H,9-10H2,1-4H3. The monoisotopic (exact) mass is 409 g/mol. The third-order valence-electron chi connectivity index (χ3n) is 3.88. The minimum atomic E-state index is -2.49. The third kappa shape index (κ3) is 5.30. The van der Waals surface area contributed by atoms with Crippen LogP contribution in [-0.2, 0) is 20.2 Å². The first-order valence-electron chi connectivity index (χ1n) is 8.77. The first-order chi connectivity index (χ1) is 13.0. The number of Topliss-reactive ketones (excluding diaryl/α,β-unsaturated/α-hetero) is 1. The van der Waals surface area contributed by atoms with Crippen molar-refractivity contribution in [3.8, 4) is 5.75 Å². The summed E-state index contributed by atoms with van der Waals surface area (Å²) in [5, 5.41) is 15.4. The van der Waals surface area contributed by atoms with E-state index in [4.69, 9.17) is 21.1 Å². The molecule has 1 aromatic carbocycles. The van der Waals surface area contributed by atoms with Gasteiger partial charge in [-0.2, -0.15) is 9.78 Å². The largest absolute Gasteiger partial charge is 0.465 e. The first-order valence-corrected chi connectivity index (χ1v) is 9.15. The first kappa shape index (κ1) is 21.8. The van der Waals surface area contributed by atoms with E-state index in [1.54, 1.807) is 26.0 Å². The van der Waals surface area contributed by atoms with Crippen LogP contribution >= 0.6 is 11.6 Å². The van der Waals surface area contributed by atoms with E-state index >= 15 is 0 Å². The summed E-state index contributed by atoms with van der Waals surface area (Å²) in [5.74, 6) is -3.33. The Hall–Kier alpha value is -2.45. The summed E-state index contributed by atoms with van der Waals surface area (Å²) in [6.07, 6.45) is 2.56. The van der Waals surface area contributed by atoms with Crippen LogP contribution in [0.5, 0.6) is 5.75 Å². The summed E-state index contributed by atoms with van der Waals surface area (Å²) >= 11 is 5.86. The number of hydrogen-bond donors (Lipinski definition) is 1. The molecule has 1 heterocycles. The fourth-order valence-electron chi connectivity index (χ4n) is 2.39. The van der Waals surface area contributed by atoms with Crippen LogP contribution in [0.2, 0.25) is 5.02 Å². The molecule has 1 N–H and O–H groups in total. The van der Waals surface area contributed by atoms with Gasteiger partial charge >= 0.3 is 11.9 Å². The van der Waals surface area contributed by atoms with Crippen molar-refractivity contribution in [3.63, 3.8) is 0 Å². The molecule has 0 spiro atoms. The Morgan fingerprint density at radius 2 is 1.89 bits per heavy atom. The number of ether oxygens (including phenoxy) is 2. The third-order valence-corrected chi connectivity index (χ3v) is 4.13. The molecule has 2 aromatic rings. The van der Waals surface area contributed by atoms with E-state index in [1.807, 2.05) is 13.8 Å². The van der Waals surface area contributed by atoms with Crippen molar-refractivity contribution in [1.82, 2.24) is 14.8 Å². The number of carbonyl (C=O) groups excluding carboxylic acids is 2. The molecule has 0 radical (unpaired) electrons. The van der Waals surface area contributed by atoms with Crippen LogP contribution in [0.3, 0.4) is 0 Å². The van der Waals surface area contributed by atoms with Crippen LogP contribution in [0, 0.1) is 11.3 Å². The minimum absolute atomic E-state index is 0.131. The molecule has 1 aromatic heterocycles. The van der Waals surface area contributed by atoms with Gasteiger partial charge in [-0.3, -0.25) is 9.59 Å². The quantitative estimate of drug-likeness (QED) is 0.501. The van der Waals surface area contributed by atoms with Gasteiger partial charge in [0.05, 0.1) is 5.41 Å². The number of carbonyl (C=O) groups is 2. The van der Waals surface area contributed by atoms with Gasteiger partial charge in [-0.25, -0.2) is 4.98 Å². The van der Waals surface area contributed by atoms with Crippen LogP contribution in [0.4, 0.5) is 0 Å². The topological polar surface area (TPSA) is 104 Å². The molecule has 1 unspecified atom stereocenters. The van der Waals surface area contributed by atoms with E-state index in [1.165, 1.54) is 18.5 Å². The van der Waals surface area contributed by atoms with Crippen LogP contribution in [0.15, 0.2) is 36.9 Å². The van der Waals surface area contributed by atoms with Crippen molar-refractivity contribution in [1.29, 1.82) is 0 Å². The predicted octanol–water partition coefficient (Wildman–Crippen LogP) is 2.80. The molecule has 0 saturated heterocycles. The summed E-state index contributed by atoms with van der Waals surface area (Å²) in [4.78, 5) is 28.8. The van der Waals surface area contributed by atoms with Gasteiger partial charge in [0, 0.05) is 11.4 Å². The number of aliphatic hydroxyl groups is 1. The second-order valence-corrected chi connectivity index (χ2v) is 7.91. The fraction of sp³-hybridized carbons (Fsp3) is 0.474. The molecule has 28 heavy (non-hydrogen) atoms. The van der Waals surface area contributed by atoms with Crippen LogP contribution < -0.4 is 4.74 Å². The number of rotatable bonds is 9. The number of hydrogen-bond acceptors (Lipinski definition) is 7. The molecule has 0 aliphatic rings. The zero-order chi connectivity index (χ0) is 20.9. The number of esters is 1. The summed E-state index contributed by atoms with van der Waals surface area (Å²) < 4.78 is 11.7. The normalized spacial score (nSPS) is 13.8. The Balaban J connectivity index is 2.25. The second-order valence-electron chi connectivity index (χ2n) is 7.48. The van der Waals surface area contributed by atoms with E-state index in [9.17, 15) is 14.7 Å². The Labute approximate surface area is 168 Å². The lowest BCUT2D eigenvalue weighted by Crippen LogP contribution is -2.54. The van der Waals surface area contributed by atoms with Crippen molar-refractivity contribution in [3.05, 3.63) is 41.9 Å². The van der Waals surface area contributed by atoms with Gasteiger partial charge in [-0.05, 0) is 44.0 Å². The summed E-state index contributed by atoms with van der Waals surface area (Å²) in [6.45, 7) is 6.65. The lowest BCUT2D eigenvalue weighted by Gasteiger charge is -2.33. The molecule has 152 valence electrons. The average molecular weight is 410 g/mol. The smallest absolute Gasteiger partial charge is 0.376 e. The van der Waals surface area contributed by atoms with Crippen LogP contribution in [0.1, 0.15) is 34.1 Å². The molecule has 0 aliphatic heterocycles. The molecule has 9 heteroatoms. The highest BCUT2D eigenvalue weighted by Gasteiger charge is 2.50. The van der Waals surface area contributed by atoms with Gasteiger partial charge in [-0.15, -0.1) is 0 Å². The van der Waals surface area contributed by atoms with Crippen molar-refractivity contribution in [2.45, 2.75) is 40.0 Å². The summed E-state index contributed by atoms with van der Waals surface area (Å²) in [7, 11) is 0. The zero-order valence-electron chi connectivity index (χ0n) is 16.3. The summed E-state index contributed by atoms with van der Waals surface area (Å²) in [6, 6.07) is 6.13. The Morgan fingerprint density at radius 3 is 2.43 bits per heavy atom. The zero-order valence-corrected chi connectivity index (χ0v) is 17.0. The highest BCUT2D eigenvalue weighted by molar-refractivity contribution is 6.30. The van der Waals surface area contributed by atoms with Crippen LogP contribution in [0.25, 0.3) is 0 Å². The van der Waals surface area contributed by atoms with Crippen molar-refractivity contribution >= 4 is 23.4 Å². The minimum Gasteiger partial charge on any atom is -0.465 e. The van der Waals surface area contributed by atoms with E-state index < -0.39 is 23.1 Å². The molecule has 0 fully saturated rings. The highest BCUT2D eigenvalue weighted by atomic mass is 35.5. The molecular weight excluding hydrogens is 386 g/mol. The van der Waals surface area contributed by atoms with E-state index in [0.29, 0.717) is 5.02 Å². The number of aromatic nitrogens is 3. The maximum atomic E-state index is 13.2. The number of benzene rings is 1. The number of nitrogens with zero attached hydrogens (tertiary/aromatic N) is 3. The van der Waals surface area contributed by atoms with E-state index in [2.05, 4.69) is 10.1 Å². The molecule has 0 saturated carbocycles. The molecular formula is C19H24ClN3O5. The average Bonchev–Trinajstić information content (AvgIpc) is 3.16. The molecule has 8 nitrogen and oxygen atoms in total. The molecule has 0 bridgehead atoms. The van der Waals surface area contributed by atoms with Crippen molar-refractivity contribution in [2.75, 3.05) is 6.61 Å². The van der Waals surface area contributed by atoms with E-state index in [0.717, 1.165) is 11.0 Å². The maximum absolute atomic E-state index is 13.2. The summed E-state index contributed by atoms with van der Waals surface area (Å²) in [5.41, 5.74) is -1.26. The van der Waals surface area contributed by atoms with Gasteiger partial charge < -0.3 is 14.6 Å². The van der Waals surface area contributed by atoms with E-state index in [-0.39, 0.29) is 24.7 Å². The Morgan fingerprint density at radius 1 is 1.25 bits per heavy atom. The van der Waals surface area contributed by atoms with Gasteiger partial charge in [0.15, 0.2) is 0 Å². The lowest BCUT2D eigenvalue weighted by molar-refractivity contribution is -0.222. The van der Waals surface area contributed by atoms with Gasteiger partial charge in [-0.1, -0.05) is 25.4 Å².